The molecule has 7 heteroatoms. The smallest absolute Gasteiger partial charge is 0.277 e. The number of rotatable bonds is 6. The Morgan fingerprint density at radius 3 is 2.62 bits per heavy atom. The lowest BCUT2D eigenvalue weighted by Crippen LogP contribution is -2.26. The van der Waals surface area contributed by atoms with E-state index >= 15 is 0 Å². The van der Waals surface area contributed by atoms with Crippen molar-refractivity contribution in [2.24, 2.45) is 5.10 Å². The normalized spacial score (nSPS) is 11.2. The predicted molar refractivity (Wildman–Crippen MR) is 97.7 cm³/mol. The minimum atomic E-state index is -0.374. The van der Waals surface area contributed by atoms with E-state index in [-0.39, 0.29) is 18.3 Å². The van der Waals surface area contributed by atoms with E-state index in [1.54, 1.807) is 42.5 Å². The topological polar surface area (TPSA) is 70.9 Å². The Labute approximate surface area is 153 Å². The van der Waals surface area contributed by atoms with E-state index in [2.05, 4.69) is 26.5 Å². The summed E-state index contributed by atoms with van der Waals surface area (Å²) in [6.07, 6.45) is 0.634. The highest BCUT2D eigenvalue weighted by molar-refractivity contribution is 9.10. The van der Waals surface area contributed by atoms with Gasteiger partial charge in [0, 0.05) is 5.02 Å². The van der Waals surface area contributed by atoms with Crippen LogP contribution in [0.3, 0.4) is 0 Å². The lowest BCUT2D eigenvalue weighted by Gasteiger charge is -2.08. The molecular weight excluding hydrogens is 396 g/mol. The summed E-state index contributed by atoms with van der Waals surface area (Å²) in [4.78, 5) is 11.9. The Morgan fingerprint density at radius 1 is 1.29 bits per heavy atom. The number of phenols is 1. The number of ether oxygens (including phenoxy) is 1. The van der Waals surface area contributed by atoms with Crippen LogP contribution >= 0.6 is 27.5 Å². The van der Waals surface area contributed by atoms with E-state index in [0.717, 1.165) is 5.56 Å². The molecule has 0 heterocycles. The van der Waals surface area contributed by atoms with E-state index < -0.39 is 0 Å². The van der Waals surface area contributed by atoms with Crippen molar-refractivity contribution in [3.05, 3.63) is 57.5 Å². The van der Waals surface area contributed by atoms with Crippen LogP contribution in [-0.2, 0) is 4.79 Å². The summed E-state index contributed by atoms with van der Waals surface area (Å²) in [5, 5.41) is 14.0. The Bertz CT molecular complexity index is 748. The molecule has 24 heavy (non-hydrogen) atoms. The van der Waals surface area contributed by atoms with Gasteiger partial charge in [-0.15, -0.1) is 0 Å². The quantitative estimate of drug-likeness (QED) is 0.555. The van der Waals surface area contributed by atoms with Crippen LogP contribution in [0.15, 0.2) is 52.0 Å². The van der Waals surface area contributed by atoms with Gasteiger partial charge in [-0.2, -0.15) is 5.10 Å². The number of amides is 1. The molecule has 2 aromatic rings. The van der Waals surface area contributed by atoms with Gasteiger partial charge in [-0.3, -0.25) is 4.79 Å². The second-order valence-corrected chi connectivity index (χ2v) is 6.15. The van der Waals surface area contributed by atoms with E-state index in [0.29, 0.717) is 27.4 Å². The Balaban J connectivity index is 1.94. The van der Waals surface area contributed by atoms with Crippen molar-refractivity contribution in [1.82, 2.24) is 5.43 Å². The van der Waals surface area contributed by atoms with Crippen molar-refractivity contribution in [2.45, 2.75) is 13.3 Å². The minimum Gasteiger partial charge on any atom is -0.508 e. The molecule has 2 rings (SSSR count). The molecule has 0 aliphatic carbocycles. The molecule has 0 aromatic heterocycles. The molecule has 2 N–H and O–H groups in total. The summed E-state index contributed by atoms with van der Waals surface area (Å²) in [5.41, 5.74) is 4.00. The first-order valence-electron chi connectivity index (χ1n) is 7.22. The fourth-order valence-electron chi connectivity index (χ4n) is 1.90. The third-order valence-electron chi connectivity index (χ3n) is 3.10. The number of hydrazone groups is 1. The highest BCUT2D eigenvalue weighted by atomic mass is 79.9. The number of hydrogen-bond acceptors (Lipinski definition) is 4. The number of benzene rings is 2. The van der Waals surface area contributed by atoms with Crippen LogP contribution in [0.2, 0.25) is 5.02 Å². The van der Waals surface area contributed by atoms with Crippen molar-refractivity contribution in [2.75, 3.05) is 6.61 Å². The first kappa shape index (κ1) is 18.3. The Hall–Kier alpha value is -2.05. The monoisotopic (exact) mass is 410 g/mol. The highest BCUT2D eigenvalue weighted by Gasteiger charge is 2.07. The van der Waals surface area contributed by atoms with Crippen LogP contribution in [-0.4, -0.2) is 23.3 Å². The molecule has 0 saturated heterocycles. The van der Waals surface area contributed by atoms with E-state index in [1.807, 2.05) is 6.92 Å². The zero-order valence-corrected chi connectivity index (χ0v) is 15.3. The first-order valence-corrected chi connectivity index (χ1v) is 8.39. The van der Waals surface area contributed by atoms with Crippen LogP contribution in [0.1, 0.15) is 18.9 Å². The summed E-state index contributed by atoms with van der Waals surface area (Å²) in [5.74, 6) is 0.328. The fourth-order valence-corrected chi connectivity index (χ4v) is 2.70. The van der Waals surface area contributed by atoms with Gasteiger partial charge in [-0.1, -0.05) is 18.5 Å². The van der Waals surface area contributed by atoms with Gasteiger partial charge in [0.25, 0.3) is 5.91 Å². The predicted octanol–water partition coefficient (Wildman–Crippen LogP) is 4.12. The van der Waals surface area contributed by atoms with Gasteiger partial charge < -0.3 is 9.84 Å². The number of halogens is 2. The number of phenolic OH excluding ortho intramolecular Hbond substituents is 1. The van der Waals surface area contributed by atoms with Gasteiger partial charge in [0.2, 0.25) is 0 Å². The molecule has 0 fully saturated rings. The van der Waals surface area contributed by atoms with Crippen LogP contribution < -0.4 is 10.2 Å². The third-order valence-corrected chi connectivity index (χ3v) is 3.96. The molecule has 0 aliphatic rings. The van der Waals surface area contributed by atoms with Crippen LogP contribution in [0, 0.1) is 0 Å². The standard InChI is InChI=1S/C17H16BrClN2O3/c1-2-15(11-3-6-13(22)7-4-11)20-21-17(23)10-24-16-8-5-12(19)9-14(16)18/h3-9,22H,2,10H2,1H3,(H,21,23). The zero-order chi connectivity index (χ0) is 17.5. The van der Waals surface area contributed by atoms with Gasteiger partial charge in [0.05, 0.1) is 10.2 Å². The maximum atomic E-state index is 11.9. The van der Waals surface area contributed by atoms with E-state index in [1.165, 1.54) is 0 Å². The molecule has 0 saturated carbocycles. The second kappa shape index (κ2) is 8.70. The lowest BCUT2D eigenvalue weighted by molar-refractivity contribution is -0.123. The van der Waals surface area contributed by atoms with E-state index in [9.17, 15) is 9.90 Å². The maximum Gasteiger partial charge on any atom is 0.277 e. The van der Waals surface area contributed by atoms with Gasteiger partial charge >= 0.3 is 0 Å². The maximum absolute atomic E-state index is 11.9. The van der Waals surface area contributed by atoms with Crippen LogP contribution in [0.5, 0.6) is 11.5 Å². The van der Waals surface area contributed by atoms with Gasteiger partial charge in [0.15, 0.2) is 6.61 Å². The van der Waals surface area contributed by atoms with Gasteiger partial charge in [0.1, 0.15) is 11.5 Å². The zero-order valence-electron chi connectivity index (χ0n) is 12.9. The third kappa shape index (κ3) is 5.25. The largest absolute Gasteiger partial charge is 0.508 e. The van der Waals surface area contributed by atoms with Gasteiger partial charge in [-0.05, 0) is 70.4 Å². The summed E-state index contributed by atoms with van der Waals surface area (Å²) in [7, 11) is 0. The molecule has 126 valence electrons. The van der Waals surface area contributed by atoms with Crippen molar-refractivity contribution in [3.8, 4) is 11.5 Å². The highest BCUT2D eigenvalue weighted by Crippen LogP contribution is 2.27. The molecule has 0 unspecified atom stereocenters. The molecule has 1 amide bonds. The van der Waals surface area contributed by atoms with Gasteiger partial charge in [-0.25, -0.2) is 5.43 Å². The number of nitrogens with one attached hydrogen (secondary N) is 1. The Morgan fingerprint density at radius 2 is 2.00 bits per heavy atom. The number of aromatic hydroxyl groups is 1. The second-order valence-electron chi connectivity index (χ2n) is 4.86. The summed E-state index contributed by atoms with van der Waals surface area (Å²) in [6.45, 7) is 1.76. The number of carbonyl (C=O) groups is 1. The molecule has 0 atom stereocenters. The van der Waals surface area contributed by atoms with Crippen LogP contribution in [0.4, 0.5) is 0 Å². The number of hydrogen-bond donors (Lipinski definition) is 2. The first-order chi connectivity index (χ1) is 11.5. The van der Waals surface area contributed by atoms with E-state index in [4.69, 9.17) is 16.3 Å². The average Bonchev–Trinajstić information content (AvgIpc) is 2.56. The molecule has 0 radical (unpaired) electrons. The summed E-state index contributed by atoms with van der Waals surface area (Å²) >= 11 is 9.17. The fraction of sp³-hybridized carbons (Fsp3) is 0.176. The molecular formula is C17H16BrClN2O3. The number of nitrogens with zero attached hydrogens (tertiary/aromatic N) is 1. The molecule has 5 nitrogen and oxygen atoms in total. The molecule has 2 aromatic carbocycles. The minimum absolute atomic E-state index is 0.170. The summed E-state index contributed by atoms with van der Waals surface area (Å²) < 4.78 is 6.09. The molecule has 0 bridgehead atoms. The Kier molecular flexibility index (Phi) is 6.63. The summed E-state index contributed by atoms with van der Waals surface area (Å²) in [6, 6.07) is 11.7. The van der Waals surface area contributed by atoms with Crippen molar-refractivity contribution in [1.29, 1.82) is 0 Å². The molecule has 0 aliphatic heterocycles. The average molecular weight is 412 g/mol. The van der Waals surface area contributed by atoms with Crippen LogP contribution in [0.25, 0.3) is 0 Å². The lowest BCUT2D eigenvalue weighted by atomic mass is 10.1. The van der Waals surface area contributed by atoms with Crippen molar-refractivity contribution >= 4 is 39.1 Å². The van der Waals surface area contributed by atoms with Crippen molar-refractivity contribution < 1.29 is 14.6 Å². The van der Waals surface area contributed by atoms with Crippen molar-refractivity contribution in [3.63, 3.8) is 0 Å². The SMILES string of the molecule is CCC(=NNC(=O)COc1ccc(Cl)cc1Br)c1ccc(O)cc1. The number of carbonyl (C=O) groups excluding carboxylic acids is 1. The molecule has 0 spiro atoms.